The first-order valence-corrected chi connectivity index (χ1v) is 12.2. The maximum Gasteiger partial charge on any atom is 0.253 e. The van der Waals surface area contributed by atoms with Gasteiger partial charge in [-0.2, -0.15) is 0 Å². The van der Waals surface area contributed by atoms with Gasteiger partial charge in [-0.3, -0.25) is 4.79 Å². The van der Waals surface area contributed by atoms with Crippen LogP contribution >= 0.6 is 12.2 Å². The third-order valence-electron chi connectivity index (χ3n) is 6.32. The quantitative estimate of drug-likeness (QED) is 0.519. The van der Waals surface area contributed by atoms with Gasteiger partial charge in [0.1, 0.15) is 13.2 Å². The fourth-order valence-corrected chi connectivity index (χ4v) is 4.78. The molecule has 3 aromatic rings. The van der Waals surface area contributed by atoms with E-state index >= 15 is 0 Å². The molecule has 0 unspecified atom stereocenters. The second-order valence-corrected chi connectivity index (χ2v) is 9.19. The minimum Gasteiger partial charge on any atom is -0.486 e. The van der Waals surface area contributed by atoms with Crippen molar-refractivity contribution in [3.05, 3.63) is 70.0 Å². The number of hydrogen-bond acceptors (Lipinski definition) is 5. The van der Waals surface area contributed by atoms with E-state index in [0.29, 0.717) is 48.5 Å². The summed E-state index contributed by atoms with van der Waals surface area (Å²) in [4.78, 5) is 18.0. The van der Waals surface area contributed by atoms with E-state index in [1.807, 2.05) is 41.3 Å². The van der Waals surface area contributed by atoms with E-state index < -0.39 is 0 Å². The number of hydrogen-bond donors (Lipinski definition) is 2. The Morgan fingerprint density at radius 1 is 1.15 bits per heavy atom. The van der Waals surface area contributed by atoms with E-state index in [9.17, 15) is 4.79 Å². The highest BCUT2D eigenvalue weighted by Gasteiger charge is 2.23. The van der Waals surface area contributed by atoms with Crippen molar-refractivity contribution >= 4 is 28.2 Å². The number of ether oxygens (including phenoxy) is 3. The molecule has 1 saturated heterocycles. The van der Waals surface area contributed by atoms with Gasteiger partial charge < -0.3 is 29.4 Å². The van der Waals surface area contributed by atoms with Crippen LogP contribution in [0.1, 0.15) is 36.9 Å². The highest BCUT2D eigenvalue weighted by atomic mass is 32.1. The Hall–Kier alpha value is -3.10. The van der Waals surface area contributed by atoms with Gasteiger partial charge in [0.15, 0.2) is 16.6 Å². The average Bonchev–Trinajstić information content (AvgIpc) is 3.36. The van der Waals surface area contributed by atoms with Crippen molar-refractivity contribution in [3.63, 3.8) is 0 Å². The number of nitrogens with zero attached hydrogens (tertiary/aromatic N) is 1. The summed E-state index contributed by atoms with van der Waals surface area (Å²) in [5.41, 5.74) is 2.37. The molecule has 0 saturated carbocycles. The van der Waals surface area contributed by atoms with Crippen LogP contribution in [0.25, 0.3) is 10.9 Å². The Morgan fingerprint density at radius 3 is 2.65 bits per heavy atom. The molecule has 2 aliphatic heterocycles. The van der Waals surface area contributed by atoms with Gasteiger partial charge in [0.25, 0.3) is 5.56 Å². The van der Waals surface area contributed by atoms with Crippen molar-refractivity contribution in [3.8, 4) is 11.5 Å². The first-order valence-electron chi connectivity index (χ1n) is 11.7. The van der Waals surface area contributed by atoms with Gasteiger partial charge in [-0.15, -0.1) is 0 Å². The molecular formula is C26H29N3O4S. The topological polar surface area (TPSA) is 75.8 Å². The first-order chi connectivity index (χ1) is 16.6. The van der Waals surface area contributed by atoms with Gasteiger partial charge in [-0.25, -0.2) is 0 Å². The maximum atomic E-state index is 13.0. The van der Waals surface area contributed by atoms with E-state index in [2.05, 4.69) is 29.4 Å². The molecule has 0 radical (unpaired) electrons. The number of nitrogens with one attached hydrogen (secondary N) is 2. The van der Waals surface area contributed by atoms with Gasteiger partial charge in [0.2, 0.25) is 0 Å². The van der Waals surface area contributed by atoms with Crippen LogP contribution in [0, 0.1) is 0 Å². The molecule has 1 fully saturated rings. The molecule has 34 heavy (non-hydrogen) atoms. The summed E-state index contributed by atoms with van der Waals surface area (Å²) in [6.07, 6.45) is 2.14. The number of pyridine rings is 1. The van der Waals surface area contributed by atoms with Crippen LogP contribution in [0.3, 0.4) is 0 Å². The number of fused-ring (bicyclic) bond motifs is 2. The van der Waals surface area contributed by atoms with Crippen LogP contribution < -0.4 is 20.3 Å². The van der Waals surface area contributed by atoms with Crippen LogP contribution in [0.2, 0.25) is 0 Å². The van der Waals surface area contributed by atoms with E-state index in [1.54, 1.807) is 0 Å². The Kier molecular flexibility index (Phi) is 6.69. The number of rotatable bonds is 6. The van der Waals surface area contributed by atoms with E-state index in [0.717, 1.165) is 35.9 Å². The van der Waals surface area contributed by atoms with Crippen molar-refractivity contribution in [1.82, 2.24) is 15.2 Å². The van der Waals surface area contributed by atoms with Crippen molar-refractivity contribution in [2.45, 2.75) is 38.5 Å². The fraction of sp³-hybridized carbons (Fsp3) is 0.385. The maximum absolute atomic E-state index is 13.0. The molecule has 0 spiro atoms. The lowest BCUT2D eigenvalue weighted by atomic mass is 10.1. The summed E-state index contributed by atoms with van der Waals surface area (Å²) >= 11 is 5.82. The van der Waals surface area contributed by atoms with Crippen molar-refractivity contribution in [1.29, 1.82) is 0 Å². The Morgan fingerprint density at radius 2 is 1.91 bits per heavy atom. The Labute approximate surface area is 204 Å². The largest absolute Gasteiger partial charge is 0.486 e. The molecule has 7 nitrogen and oxygen atoms in total. The minimum absolute atomic E-state index is 0.0410. The van der Waals surface area contributed by atoms with E-state index in [1.165, 1.54) is 0 Å². The van der Waals surface area contributed by atoms with Gasteiger partial charge in [-0.05, 0) is 49.7 Å². The van der Waals surface area contributed by atoms with Crippen LogP contribution in [0.15, 0.2) is 53.3 Å². The number of aromatic nitrogens is 1. The van der Waals surface area contributed by atoms with E-state index in [-0.39, 0.29) is 17.7 Å². The summed E-state index contributed by atoms with van der Waals surface area (Å²) in [6, 6.07) is 15.9. The molecule has 0 bridgehead atoms. The molecular weight excluding hydrogens is 450 g/mol. The molecule has 3 heterocycles. The molecule has 1 aromatic heterocycles. The zero-order valence-electron chi connectivity index (χ0n) is 19.2. The van der Waals surface area contributed by atoms with Crippen LogP contribution in [0.4, 0.5) is 0 Å². The lowest BCUT2D eigenvalue weighted by Crippen LogP contribution is -2.44. The van der Waals surface area contributed by atoms with Gasteiger partial charge in [0.05, 0.1) is 24.2 Å². The summed E-state index contributed by atoms with van der Waals surface area (Å²) in [5, 5.41) is 4.94. The summed E-state index contributed by atoms with van der Waals surface area (Å²) in [5.74, 6) is 1.35. The second kappa shape index (κ2) is 10.0. The first kappa shape index (κ1) is 22.7. The average molecular weight is 480 g/mol. The molecule has 0 aliphatic carbocycles. The number of aromatic amines is 1. The Bertz CT molecular complexity index is 1220. The lowest BCUT2D eigenvalue weighted by Gasteiger charge is -2.30. The van der Waals surface area contributed by atoms with Crippen molar-refractivity contribution in [2.24, 2.45) is 0 Å². The summed E-state index contributed by atoms with van der Waals surface area (Å²) in [6.45, 7) is 4.88. The fourth-order valence-electron chi connectivity index (χ4n) is 4.47. The predicted molar refractivity (Wildman–Crippen MR) is 136 cm³/mol. The molecule has 2 aliphatic rings. The normalized spacial score (nSPS) is 18.0. The van der Waals surface area contributed by atoms with E-state index in [4.69, 9.17) is 26.4 Å². The highest BCUT2D eigenvalue weighted by molar-refractivity contribution is 7.80. The summed E-state index contributed by atoms with van der Waals surface area (Å²) in [7, 11) is 0. The molecule has 2 N–H and O–H groups in total. The third-order valence-corrected chi connectivity index (χ3v) is 6.70. The molecule has 2 aromatic carbocycles. The molecule has 0 amide bonds. The predicted octanol–water partition coefficient (Wildman–Crippen LogP) is 3.92. The molecule has 2 atom stereocenters. The number of H-pyrrole nitrogens is 1. The Balaban J connectivity index is 1.40. The van der Waals surface area contributed by atoms with Gasteiger partial charge in [-0.1, -0.05) is 30.3 Å². The third kappa shape index (κ3) is 5.03. The standard InChI is InChI=1S/C26H29N3O4S/c1-17(18-6-3-2-4-7-18)27-26(34)29(16-21-8-5-9-31-21)15-20-12-19-13-23-24(33-11-10-32-23)14-22(19)28-25(20)30/h2-4,6-7,12-14,17,21H,5,8-11,15-16H2,1H3,(H,27,34)(H,28,30)/t17-,21+/m0/s1. The zero-order chi connectivity index (χ0) is 23.5. The zero-order valence-corrected chi connectivity index (χ0v) is 20.0. The SMILES string of the molecule is C[C@H](NC(=S)N(Cc1cc2cc3c(cc2[nH]c1=O)OCCO3)C[C@H]1CCCO1)c1ccccc1. The summed E-state index contributed by atoms with van der Waals surface area (Å²) < 4.78 is 17.2. The van der Waals surface area contributed by atoms with Crippen LogP contribution in [-0.4, -0.2) is 47.5 Å². The lowest BCUT2D eigenvalue weighted by molar-refractivity contribution is 0.0895. The van der Waals surface area contributed by atoms with Gasteiger partial charge >= 0.3 is 0 Å². The monoisotopic (exact) mass is 479 g/mol. The van der Waals surface area contributed by atoms with Crippen molar-refractivity contribution < 1.29 is 14.2 Å². The smallest absolute Gasteiger partial charge is 0.253 e. The highest BCUT2D eigenvalue weighted by Crippen LogP contribution is 2.33. The van der Waals surface area contributed by atoms with Crippen LogP contribution in [-0.2, 0) is 11.3 Å². The molecule has 5 rings (SSSR count). The van der Waals surface area contributed by atoms with Crippen molar-refractivity contribution in [2.75, 3.05) is 26.4 Å². The molecule has 178 valence electrons. The van der Waals surface area contributed by atoms with Gasteiger partial charge in [0, 0.05) is 30.2 Å². The number of benzene rings is 2. The minimum atomic E-state index is -0.138. The second-order valence-electron chi connectivity index (χ2n) is 8.80. The molecule has 8 heteroatoms. The number of thiocarbonyl (C=S) groups is 1. The van der Waals surface area contributed by atoms with Crippen LogP contribution in [0.5, 0.6) is 11.5 Å².